The molecule has 2 aliphatic rings. The van der Waals surface area contributed by atoms with Crippen LogP contribution >= 0.6 is 0 Å². The van der Waals surface area contributed by atoms with E-state index in [2.05, 4.69) is 89.5 Å². The highest BCUT2D eigenvalue weighted by molar-refractivity contribution is 6.73. The first kappa shape index (κ1) is 44.6. The summed E-state index contributed by atoms with van der Waals surface area (Å²) < 4.78 is 62.0. The van der Waals surface area contributed by atoms with E-state index in [1.54, 1.807) is 0 Å². The summed E-state index contributed by atoms with van der Waals surface area (Å²) in [6.07, 6.45) is 3.64. The van der Waals surface area contributed by atoms with Crippen LogP contribution in [0.2, 0.25) is 84.1 Å². The molecule has 2 aromatic rings. The van der Waals surface area contributed by atoms with Gasteiger partial charge < -0.3 is 41.8 Å². The summed E-state index contributed by atoms with van der Waals surface area (Å²) in [6, 6.07) is 15.3. The fraction of sp³-hybridized carbons (Fsp3) is 0.625. The number of rotatable bonds is 14. The monoisotopic (exact) mass is 881 g/mol. The lowest BCUT2D eigenvalue weighted by Gasteiger charge is -2.30. The van der Waals surface area contributed by atoms with Crippen LogP contribution < -0.4 is 8.85 Å². The Morgan fingerprint density at radius 1 is 0.558 bits per heavy atom. The van der Waals surface area contributed by atoms with Crippen molar-refractivity contribution in [1.82, 2.24) is 0 Å². The molecule has 2 heterocycles. The lowest BCUT2D eigenvalue weighted by atomic mass is 9.76. The van der Waals surface area contributed by atoms with Gasteiger partial charge in [-0.1, -0.05) is 38.1 Å². The molecule has 0 unspecified atom stereocenters. The summed E-state index contributed by atoms with van der Waals surface area (Å²) in [4.78, 5) is 0. The van der Waals surface area contributed by atoms with Gasteiger partial charge in [-0.25, -0.2) is 0 Å². The Kier molecular flexibility index (Phi) is 17.0. The molecule has 0 amide bonds. The molecule has 4 rings (SSSR count). The average Bonchev–Trinajstić information content (AvgIpc) is 2.99. The molecule has 20 heteroatoms. The maximum absolute atomic E-state index is 6.65. The van der Waals surface area contributed by atoms with Gasteiger partial charge in [-0.2, -0.15) is 0 Å². The fourth-order valence-electron chi connectivity index (χ4n) is 5.76. The highest BCUT2D eigenvalue weighted by Gasteiger charge is 2.33. The number of hydrogen-bond donors (Lipinski definition) is 0. The van der Waals surface area contributed by atoms with Gasteiger partial charge in [-0.05, 0) is 144 Å². The van der Waals surface area contributed by atoms with Gasteiger partial charge in [0.1, 0.15) is 11.5 Å². The molecule has 10 nitrogen and oxygen atoms in total. The standard InChI is InChI=1S/C32H57O10Si10/c1-32(2,28-18-20-30(33-51(8,9)10)26(24-28)16-14-22-49-36-43-35-44(3)37-46(5)40-49)29-19-21-31(34-52(11,12)13)27(25-29)17-15-23-50-41-47(6)38-45(4)39-48(7)42-50/h18-21,24-25H,14-17,22-23H2,1-13H3. The van der Waals surface area contributed by atoms with Gasteiger partial charge in [0, 0.05) is 5.41 Å². The molecule has 0 bridgehead atoms. The van der Waals surface area contributed by atoms with Crippen molar-refractivity contribution in [2.75, 3.05) is 0 Å². The first-order valence-electron chi connectivity index (χ1n) is 18.0. The van der Waals surface area contributed by atoms with Crippen molar-refractivity contribution in [2.45, 2.75) is 129 Å². The van der Waals surface area contributed by atoms with Gasteiger partial charge in [0.05, 0.1) is 0 Å². The largest absolute Gasteiger partial charge is 0.544 e. The van der Waals surface area contributed by atoms with E-state index in [1.807, 2.05) is 32.7 Å². The molecule has 9 radical (unpaired) electrons. The van der Waals surface area contributed by atoms with Crippen LogP contribution in [0.5, 0.6) is 11.5 Å². The predicted molar refractivity (Wildman–Crippen MR) is 223 cm³/mol. The molecule has 0 atom stereocenters. The first-order chi connectivity index (χ1) is 24.3. The average molecular weight is 883 g/mol. The van der Waals surface area contributed by atoms with E-state index in [-0.39, 0.29) is 15.4 Å². The van der Waals surface area contributed by atoms with Crippen molar-refractivity contribution in [1.29, 1.82) is 0 Å². The molecule has 0 aromatic heterocycles. The Balaban J connectivity index is 1.54. The zero-order valence-electron chi connectivity index (χ0n) is 33.3. The lowest BCUT2D eigenvalue weighted by molar-refractivity contribution is 0.289. The third kappa shape index (κ3) is 14.8. The first-order valence-corrected chi connectivity index (χ1v) is 37.7. The summed E-state index contributed by atoms with van der Waals surface area (Å²) >= 11 is 0. The Hall–Kier alpha value is -0.111. The van der Waals surface area contributed by atoms with Crippen LogP contribution in [0, 0.1) is 0 Å². The van der Waals surface area contributed by atoms with E-state index in [4.69, 9.17) is 41.8 Å². The molecule has 285 valence electrons. The van der Waals surface area contributed by atoms with Crippen molar-refractivity contribution in [3.8, 4) is 11.5 Å². The number of hydrogen-bond acceptors (Lipinski definition) is 10. The minimum Gasteiger partial charge on any atom is -0.544 e. The molecule has 2 aliphatic heterocycles. The predicted octanol–water partition coefficient (Wildman–Crippen LogP) is 7.57. The van der Waals surface area contributed by atoms with Crippen molar-refractivity contribution in [3.05, 3.63) is 58.7 Å². The van der Waals surface area contributed by atoms with Crippen LogP contribution in [-0.4, -0.2) is 91.6 Å². The zero-order chi connectivity index (χ0) is 38.3. The molecule has 0 spiro atoms. The van der Waals surface area contributed by atoms with Gasteiger partial charge in [-0.3, -0.25) is 0 Å². The van der Waals surface area contributed by atoms with E-state index in [9.17, 15) is 0 Å². The minimum absolute atomic E-state index is 0.0131. The highest BCUT2D eigenvalue weighted by Crippen LogP contribution is 2.38. The molecular formula is C32H57O10Si10. The normalized spacial score (nSPS) is 19.6. The number of aryl methyl sites for hydroxylation is 2. The van der Waals surface area contributed by atoms with E-state index >= 15 is 0 Å². The second-order valence-corrected chi connectivity index (χ2v) is 38.5. The van der Waals surface area contributed by atoms with E-state index in [0.717, 1.165) is 49.3 Å². The van der Waals surface area contributed by atoms with Crippen molar-refractivity contribution < 1.29 is 41.8 Å². The summed E-state index contributed by atoms with van der Waals surface area (Å²) in [7, 11) is -13.3. The van der Waals surface area contributed by atoms with Gasteiger partial charge in [0.2, 0.25) is 16.6 Å². The van der Waals surface area contributed by atoms with Crippen molar-refractivity contribution in [2.24, 2.45) is 0 Å². The Labute approximate surface area is 330 Å². The molecule has 0 saturated carbocycles. The maximum Gasteiger partial charge on any atom is 0.413 e. The molecule has 52 heavy (non-hydrogen) atoms. The van der Waals surface area contributed by atoms with Crippen LogP contribution in [0.3, 0.4) is 0 Å². The van der Waals surface area contributed by atoms with Crippen LogP contribution in [-0.2, 0) is 51.2 Å². The third-order valence-corrected chi connectivity index (χ3v) is 27.0. The van der Waals surface area contributed by atoms with Crippen molar-refractivity contribution in [3.63, 3.8) is 0 Å². The quantitative estimate of drug-likeness (QED) is 0.177. The van der Waals surface area contributed by atoms with E-state index in [1.165, 1.54) is 22.3 Å². The van der Waals surface area contributed by atoms with Crippen LogP contribution in [0.15, 0.2) is 36.4 Å². The van der Waals surface area contributed by atoms with Gasteiger partial charge >= 0.3 is 75.0 Å². The van der Waals surface area contributed by atoms with E-state index in [0.29, 0.717) is 0 Å². The Morgan fingerprint density at radius 2 is 0.962 bits per heavy atom. The maximum atomic E-state index is 6.65. The fourth-order valence-corrected chi connectivity index (χ4v) is 23.9. The Bertz CT molecular complexity index is 1420. The van der Waals surface area contributed by atoms with Crippen LogP contribution in [0.25, 0.3) is 0 Å². The van der Waals surface area contributed by atoms with Gasteiger partial charge in [0.25, 0.3) is 0 Å². The summed E-state index contributed by atoms with van der Waals surface area (Å²) in [6.45, 7) is 28.2. The minimum atomic E-state index is -1.84. The van der Waals surface area contributed by atoms with Gasteiger partial charge in [0.15, 0.2) is 0 Å². The summed E-state index contributed by atoms with van der Waals surface area (Å²) in [5, 5.41) is 0. The molecule has 0 aliphatic carbocycles. The summed E-state index contributed by atoms with van der Waals surface area (Å²) in [5.41, 5.74) is 4.74. The Morgan fingerprint density at radius 3 is 1.42 bits per heavy atom. The third-order valence-electron chi connectivity index (χ3n) is 8.03. The van der Waals surface area contributed by atoms with Gasteiger partial charge in [-0.15, -0.1) is 0 Å². The second kappa shape index (κ2) is 19.8. The molecular weight excluding hydrogens is 825 g/mol. The zero-order valence-corrected chi connectivity index (χ0v) is 43.3. The summed E-state index contributed by atoms with van der Waals surface area (Å²) in [5.74, 6) is 1.98. The SMILES string of the molecule is C[Si]1O[Si]O[Si](CCCc2cc(C(C)(C)c3ccc(O[Si](C)(C)C)c(CCC[Si]4O[Si](C)O[Si](C)O[Si](C)O4)c3)ccc2O[Si](C)(C)C)O[Si](C)O1. The molecule has 2 saturated heterocycles. The second-order valence-electron chi connectivity index (χ2n) is 15.5. The smallest absolute Gasteiger partial charge is 0.413 e. The highest BCUT2D eigenvalue weighted by atomic mass is 28.5. The van der Waals surface area contributed by atoms with Crippen molar-refractivity contribution >= 4 is 91.6 Å². The lowest BCUT2D eigenvalue weighted by Crippen LogP contribution is -2.45. The van der Waals surface area contributed by atoms with Crippen LogP contribution in [0.4, 0.5) is 0 Å². The van der Waals surface area contributed by atoms with Crippen LogP contribution in [0.1, 0.15) is 48.9 Å². The molecule has 2 aromatic carbocycles. The molecule has 2 fully saturated rings. The number of benzene rings is 2. The molecule has 0 N–H and O–H groups in total. The van der Waals surface area contributed by atoms with E-state index < -0.39 is 81.6 Å². The topological polar surface area (TPSA) is 92.3 Å².